The molecule has 2 aromatic heterocycles. The molecule has 0 unspecified atom stereocenters. The van der Waals surface area contributed by atoms with Crippen molar-refractivity contribution in [2.45, 2.75) is 10.8 Å². The average molecular weight is 273 g/mol. The number of aromatic nitrogens is 3. The highest BCUT2D eigenvalue weighted by molar-refractivity contribution is 7.98. The summed E-state index contributed by atoms with van der Waals surface area (Å²) in [7, 11) is 1.83. The van der Waals surface area contributed by atoms with Crippen LogP contribution in [-0.4, -0.2) is 22.2 Å². The van der Waals surface area contributed by atoms with Gasteiger partial charge in [-0.2, -0.15) is 0 Å². The number of nitrogens with zero attached hydrogens (tertiary/aromatic N) is 3. The van der Waals surface area contributed by atoms with Gasteiger partial charge < -0.3 is 5.32 Å². The molecule has 2 aromatic rings. The summed E-state index contributed by atoms with van der Waals surface area (Å²) in [4.78, 5) is 4.19. The molecule has 0 saturated carbocycles. The second kappa shape index (κ2) is 5.47. The Hall–Kier alpha value is -0.850. The van der Waals surface area contributed by atoms with E-state index in [1.54, 1.807) is 29.3 Å². The Kier molecular flexibility index (Phi) is 3.98. The number of anilines is 1. The number of nitrogens with one attached hydrogen (secondary N) is 1. The molecule has 4 nitrogen and oxygen atoms in total. The predicted octanol–water partition coefficient (Wildman–Crippen LogP) is 2.92. The van der Waals surface area contributed by atoms with Crippen LogP contribution in [0.2, 0.25) is 5.02 Å². The lowest BCUT2D eigenvalue weighted by molar-refractivity contribution is 1.04. The number of hydrogen-bond donors (Lipinski definition) is 1. The molecule has 0 aliphatic carbocycles. The lowest BCUT2D eigenvalue weighted by Crippen LogP contribution is -1.84. The highest BCUT2D eigenvalue weighted by Crippen LogP contribution is 2.24. The second-order valence-corrected chi connectivity index (χ2v) is 5.35. The predicted molar refractivity (Wildman–Crippen MR) is 68.3 cm³/mol. The molecule has 0 saturated heterocycles. The first-order chi connectivity index (χ1) is 7.78. The lowest BCUT2D eigenvalue weighted by Gasteiger charge is -1.97. The molecule has 7 heteroatoms. The Morgan fingerprint density at radius 3 is 2.94 bits per heavy atom. The molecular formula is C9H9ClN4S2. The molecule has 0 fully saturated rings. The quantitative estimate of drug-likeness (QED) is 0.868. The van der Waals surface area contributed by atoms with E-state index in [2.05, 4.69) is 20.5 Å². The van der Waals surface area contributed by atoms with E-state index in [0.717, 1.165) is 20.9 Å². The number of pyridine rings is 1. The van der Waals surface area contributed by atoms with E-state index in [4.69, 9.17) is 11.6 Å². The third-order valence-electron chi connectivity index (χ3n) is 1.72. The molecule has 0 atom stereocenters. The molecule has 0 aliphatic rings. The van der Waals surface area contributed by atoms with Gasteiger partial charge in [-0.25, -0.2) is 4.98 Å². The minimum atomic E-state index is 0.651. The molecule has 84 valence electrons. The lowest BCUT2D eigenvalue weighted by atomic mass is 10.5. The Labute approximate surface area is 106 Å². The van der Waals surface area contributed by atoms with Gasteiger partial charge in [0.05, 0.1) is 15.8 Å². The second-order valence-electron chi connectivity index (χ2n) is 2.85. The maximum Gasteiger partial charge on any atom is 0.205 e. The molecule has 2 heterocycles. The van der Waals surface area contributed by atoms with Crippen LogP contribution in [0.5, 0.6) is 0 Å². The van der Waals surface area contributed by atoms with Gasteiger partial charge in [0.2, 0.25) is 5.13 Å². The van der Waals surface area contributed by atoms with Crippen LogP contribution in [0, 0.1) is 0 Å². The van der Waals surface area contributed by atoms with E-state index < -0.39 is 0 Å². The fourth-order valence-electron chi connectivity index (χ4n) is 0.996. The molecule has 0 radical (unpaired) electrons. The van der Waals surface area contributed by atoms with Gasteiger partial charge in [0.1, 0.15) is 5.01 Å². The van der Waals surface area contributed by atoms with Gasteiger partial charge in [-0.3, -0.25) is 0 Å². The third kappa shape index (κ3) is 3.07. The molecule has 0 amide bonds. The van der Waals surface area contributed by atoms with Crippen LogP contribution in [0.1, 0.15) is 5.01 Å². The first kappa shape index (κ1) is 11.6. The molecule has 16 heavy (non-hydrogen) atoms. The minimum absolute atomic E-state index is 0.651. The molecule has 1 N–H and O–H groups in total. The van der Waals surface area contributed by atoms with Crippen molar-refractivity contribution in [3.8, 4) is 0 Å². The van der Waals surface area contributed by atoms with Crippen molar-refractivity contribution in [3.63, 3.8) is 0 Å². The highest BCUT2D eigenvalue weighted by Gasteiger charge is 2.03. The van der Waals surface area contributed by atoms with Crippen molar-refractivity contribution in [2.75, 3.05) is 12.4 Å². The van der Waals surface area contributed by atoms with Crippen molar-refractivity contribution in [2.24, 2.45) is 0 Å². The van der Waals surface area contributed by atoms with Gasteiger partial charge in [-0.05, 0) is 12.1 Å². The summed E-state index contributed by atoms with van der Waals surface area (Å²) in [6.45, 7) is 0. The van der Waals surface area contributed by atoms with Gasteiger partial charge >= 0.3 is 0 Å². The Bertz CT molecular complexity index is 457. The summed E-state index contributed by atoms with van der Waals surface area (Å²) in [5, 5.41) is 14.4. The van der Waals surface area contributed by atoms with Gasteiger partial charge in [0, 0.05) is 13.2 Å². The van der Waals surface area contributed by atoms with Crippen molar-refractivity contribution in [3.05, 3.63) is 28.4 Å². The monoisotopic (exact) mass is 272 g/mol. The summed E-state index contributed by atoms with van der Waals surface area (Å²) >= 11 is 8.91. The van der Waals surface area contributed by atoms with Crippen molar-refractivity contribution < 1.29 is 0 Å². The molecule has 2 rings (SSSR count). The summed E-state index contributed by atoms with van der Waals surface area (Å²) in [5.74, 6) is 0.772. The summed E-state index contributed by atoms with van der Waals surface area (Å²) in [6.07, 6.45) is 1.64. The van der Waals surface area contributed by atoms with Crippen LogP contribution < -0.4 is 5.32 Å². The zero-order valence-corrected chi connectivity index (χ0v) is 10.9. The zero-order chi connectivity index (χ0) is 11.4. The maximum atomic E-state index is 5.75. The van der Waals surface area contributed by atoms with E-state index in [0.29, 0.717) is 5.02 Å². The topological polar surface area (TPSA) is 50.7 Å². The average Bonchev–Trinajstić information content (AvgIpc) is 2.76. The van der Waals surface area contributed by atoms with Crippen LogP contribution >= 0.6 is 34.7 Å². The van der Waals surface area contributed by atoms with Gasteiger partial charge in [-0.1, -0.05) is 34.7 Å². The summed E-state index contributed by atoms with van der Waals surface area (Å²) < 4.78 is 0. The van der Waals surface area contributed by atoms with E-state index in [-0.39, 0.29) is 0 Å². The van der Waals surface area contributed by atoms with Gasteiger partial charge in [0.25, 0.3) is 0 Å². The smallest absolute Gasteiger partial charge is 0.205 e. The van der Waals surface area contributed by atoms with Crippen LogP contribution in [-0.2, 0) is 5.75 Å². The van der Waals surface area contributed by atoms with Crippen molar-refractivity contribution in [1.82, 2.24) is 15.2 Å². The highest BCUT2D eigenvalue weighted by atomic mass is 35.5. The number of hydrogen-bond acceptors (Lipinski definition) is 6. The maximum absolute atomic E-state index is 5.75. The Morgan fingerprint density at radius 1 is 1.44 bits per heavy atom. The van der Waals surface area contributed by atoms with Gasteiger partial charge in [-0.15, -0.1) is 10.2 Å². The standard InChI is InChI=1S/C9H9ClN4S2/c1-11-9-14-13-8(16-9)5-15-7-3-2-6(10)4-12-7/h2-4H,5H2,1H3,(H,11,14). The SMILES string of the molecule is CNc1nnc(CSc2ccc(Cl)cn2)s1. The summed E-state index contributed by atoms with van der Waals surface area (Å²) in [6, 6.07) is 3.73. The van der Waals surface area contributed by atoms with E-state index in [1.807, 2.05) is 19.2 Å². The fourth-order valence-corrected chi connectivity index (χ4v) is 2.63. The van der Waals surface area contributed by atoms with Gasteiger partial charge in [0.15, 0.2) is 0 Å². The molecule has 0 aliphatic heterocycles. The van der Waals surface area contributed by atoms with E-state index in [1.165, 1.54) is 0 Å². The molecule has 0 spiro atoms. The largest absolute Gasteiger partial charge is 0.363 e. The molecular weight excluding hydrogens is 264 g/mol. The van der Waals surface area contributed by atoms with Crippen LogP contribution in [0.4, 0.5) is 5.13 Å². The summed E-state index contributed by atoms with van der Waals surface area (Å²) in [5.41, 5.74) is 0. The normalized spacial score (nSPS) is 10.4. The van der Waals surface area contributed by atoms with Crippen LogP contribution in [0.15, 0.2) is 23.4 Å². The Morgan fingerprint density at radius 2 is 2.31 bits per heavy atom. The van der Waals surface area contributed by atoms with Crippen LogP contribution in [0.3, 0.4) is 0 Å². The number of halogens is 1. The Balaban J connectivity index is 1.94. The molecule has 0 aromatic carbocycles. The molecule has 0 bridgehead atoms. The van der Waals surface area contributed by atoms with E-state index in [9.17, 15) is 0 Å². The van der Waals surface area contributed by atoms with Crippen molar-refractivity contribution in [1.29, 1.82) is 0 Å². The van der Waals surface area contributed by atoms with Crippen LogP contribution in [0.25, 0.3) is 0 Å². The van der Waals surface area contributed by atoms with Crippen molar-refractivity contribution >= 4 is 39.8 Å². The third-order valence-corrected chi connectivity index (χ3v) is 4.03. The first-order valence-electron chi connectivity index (χ1n) is 4.52. The first-order valence-corrected chi connectivity index (χ1v) is 6.70. The zero-order valence-electron chi connectivity index (χ0n) is 8.48. The minimum Gasteiger partial charge on any atom is -0.363 e. The fraction of sp³-hybridized carbons (Fsp3) is 0.222. The number of rotatable bonds is 4. The van der Waals surface area contributed by atoms with E-state index >= 15 is 0 Å². The number of thioether (sulfide) groups is 1.